The number of carbonyl (C=O) groups excluding carboxylic acids is 9. The number of benzene rings is 3. The van der Waals surface area contributed by atoms with Crippen LogP contribution in [0.25, 0.3) is 32.7 Å². The number of thiazole rings is 3. The number of esters is 4. The minimum atomic E-state index is -0.639. The summed E-state index contributed by atoms with van der Waals surface area (Å²) in [6.45, 7) is 5.34. The number of hydrogen-bond donors (Lipinski definition) is 0. The molecule has 99 heavy (non-hydrogen) atoms. The summed E-state index contributed by atoms with van der Waals surface area (Å²) in [5, 5.41) is 6.60. The molecule has 0 unspecified atom stereocenters. The quantitative estimate of drug-likeness (QED) is 0.0155. The molecule has 528 valence electrons. The van der Waals surface area contributed by atoms with Crippen LogP contribution in [0.2, 0.25) is 0 Å². The van der Waals surface area contributed by atoms with E-state index < -0.39 is 47.6 Å². The van der Waals surface area contributed by atoms with E-state index in [1.54, 1.807) is 92.8 Å². The van der Waals surface area contributed by atoms with Crippen LogP contribution in [-0.4, -0.2) is 237 Å². The molecule has 0 spiro atoms. The fraction of sp³-hybridized carbons (Fsp3) is 0.364. The molecule has 0 atom stereocenters. The van der Waals surface area contributed by atoms with Gasteiger partial charge in [0.05, 0.1) is 147 Å². The lowest BCUT2D eigenvalue weighted by atomic mass is 10.1. The van der Waals surface area contributed by atoms with Crippen LogP contribution in [0.3, 0.4) is 0 Å². The van der Waals surface area contributed by atoms with Crippen molar-refractivity contribution in [3.63, 3.8) is 0 Å². The van der Waals surface area contributed by atoms with E-state index in [1.807, 2.05) is 12.1 Å². The molecule has 0 aliphatic rings. The molecular formula is C66H72N6O24S3. The topological polar surface area (TPSA) is 346 Å². The predicted molar refractivity (Wildman–Crippen MR) is 357 cm³/mol. The van der Waals surface area contributed by atoms with E-state index in [0.29, 0.717) is 111 Å². The molecule has 0 aliphatic heterocycles. The van der Waals surface area contributed by atoms with Crippen LogP contribution in [-0.2, 0) is 82.6 Å². The van der Waals surface area contributed by atoms with E-state index in [9.17, 15) is 43.2 Å². The number of rotatable bonds is 37. The minimum absolute atomic E-state index is 0.0433. The molecule has 0 saturated carbocycles. The van der Waals surface area contributed by atoms with Gasteiger partial charge >= 0.3 is 36.1 Å². The number of para-hydroxylation sites is 3. The number of hydrogen-bond acceptors (Lipinski definition) is 30. The summed E-state index contributed by atoms with van der Waals surface area (Å²) in [4.78, 5) is 123. The maximum Gasteiger partial charge on any atom is 0.418 e. The third-order valence-corrected chi connectivity index (χ3v) is 16.0. The number of ketones is 3. The number of methoxy groups -OCH3 is 6. The van der Waals surface area contributed by atoms with Crippen molar-refractivity contribution in [3.8, 4) is 0 Å². The van der Waals surface area contributed by atoms with Crippen LogP contribution in [0.5, 0.6) is 0 Å². The Hall–Kier alpha value is -9.36. The Morgan fingerprint density at radius 1 is 0.364 bits per heavy atom. The second-order valence-corrected chi connectivity index (χ2v) is 22.5. The summed E-state index contributed by atoms with van der Waals surface area (Å²) in [7, 11) is 8.51. The first-order valence-corrected chi connectivity index (χ1v) is 32.8. The molecule has 0 amide bonds. The summed E-state index contributed by atoms with van der Waals surface area (Å²) in [6, 6.07) is 21.2. The normalized spacial score (nSPS) is 11.0. The third kappa shape index (κ3) is 22.3. The van der Waals surface area contributed by atoms with Gasteiger partial charge in [0.25, 0.3) is 0 Å². The summed E-state index contributed by atoms with van der Waals surface area (Å²) >= 11 is 3.12. The maximum atomic E-state index is 13.1. The lowest BCUT2D eigenvalue weighted by Gasteiger charge is -2.08. The zero-order valence-corrected chi connectivity index (χ0v) is 57.3. The zero-order chi connectivity index (χ0) is 70.9. The zero-order valence-electron chi connectivity index (χ0n) is 54.8. The molecule has 30 nitrogen and oxygen atoms in total. The Labute approximate surface area is 578 Å². The van der Waals surface area contributed by atoms with Crippen LogP contribution in [0, 0.1) is 0 Å². The standard InChI is InChI=1S/C24H28N2O9S.C22H24N2O8S.C20H20N2O7S/c1-30-7-8-32-9-10-33-11-12-34-14-21(27)35-16-26-13-18(17-5-3-4-6-20(17)26)22(28)23-25-19(15-36-23)24(29)31-2;1-28-7-8-30-9-10-31-11-12-32-22(27)24-13-16(15-5-3-4-6-18(15)24)19(25)20-23-17(14-33-20)21(26)29-2;1-26-7-8-28-9-10-29-20(25)22-11-14(13-5-3-4-6-16(13)22)17(23)18-21-15(12-30-18)19(24)27-2/h3-6,13,15H,7-12,14,16H2,1-2H3;3-6,13-14H,7-12H2,1-2H3;3-6,11-12H,7-10H2,1-2H3. The van der Waals surface area contributed by atoms with Crippen LogP contribution in [0.4, 0.5) is 9.59 Å². The highest BCUT2D eigenvalue weighted by atomic mass is 32.1. The van der Waals surface area contributed by atoms with Crippen LogP contribution >= 0.6 is 34.0 Å². The highest BCUT2D eigenvalue weighted by molar-refractivity contribution is 7.12. The van der Waals surface area contributed by atoms with Gasteiger partial charge in [0, 0.05) is 72.2 Å². The molecule has 0 aliphatic carbocycles. The average molecular weight is 1430 g/mol. The van der Waals surface area contributed by atoms with E-state index >= 15 is 0 Å². The van der Waals surface area contributed by atoms with E-state index in [-0.39, 0.29) is 95.4 Å². The third-order valence-electron chi connectivity index (χ3n) is 13.5. The number of carbonyl (C=O) groups is 9. The summed E-state index contributed by atoms with van der Waals surface area (Å²) in [6.07, 6.45) is 3.16. The van der Waals surface area contributed by atoms with Gasteiger partial charge in [-0.3, -0.25) is 23.5 Å². The van der Waals surface area contributed by atoms with Gasteiger partial charge in [-0.05, 0) is 18.2 Å². The lowest BCUT2D eigenvalue weighted by Crippen LogP contribution is -2.17. The molecule has 3 aromatic carbocycles. The van der Waals surface area contributed by atoms with Gasteiger partial charge < -0.3 is 75.6 Å². The molecule has 0 N–H and O–H groups in total. The fourth-order valence-corrected chi connectivity index (χ4v) is 11.0. The van der Waals surface area contributed by atoms with Gasteiger partial charge in [0.15, 0.2) is 38.8 Å². The molecule has 0 bridgehead atoms. The van der Waals surface area contributed by atoms with E-state index in [0.717, 1.165) is 34.0 Å². The van der Waals surface area contributed by atoms with Gasteiger partial charge in [-0.15, -0.1) is 34.0 Å². The second kappa shape index (κ2) is 41.1. The number of aromatic nitrogens is 6. The molecule has 33 heteroatoms. The van der Waals surface area contributed by atoms with Crippen LogP contribution in [0.15, 0.2) is 108 Å². The smallest absolute Gasteiger partial charge is 0.418 e. The number of ether oxygens (including phenoxy) is 15. The summed E-state index contributed by atoms with van der Waals surface area (Å²) in [5.74, 6) is -3.56. The summed E-state index contributed by atoms with van der Waals surface area (Å²) in [5.41, 5.74) is 2.87. The molecule has 9 aromatic rings. The first-order chi connectivity index (χ1) is 48.2. The highest BCUT2D eigenvalue weighted by Gasteiger charge is 2.27. The van der Waals surface area contributed by atoms with Crippen molar-refractivity contribution in [1.82, 2.24) is 28.7 Å². The molecule has 6 heterocycles. The Kier molecular flexibility index (Phi) is 32.0. The van der Waals surface area contributed by atoms with Crippen molar-refractivity contribution in [2.45, 2.75) is 6.73 Å². The van der Waals surface area contributed by atoms with E-state index in [4.69, 9.17) is 56.8 Å². The number of fused-ring (bicyclic) bond motifs is 3. The van der Waals surface area contributed by atoms with Gasteiger partial charge in [-0.25, -0.2) is 43.7 Å². The average Bonchev–Trinajstić information content (AvgIpc) is 1.65. The van der Waals surface area contributed by atoms with Gasteiger partial charge in [0.2, 0.25) is 17.3 Å². The molecule has 9 rings (SSSR count). The van der Waals surface area contributed by atoms with E-state index in [1.165, 1.54) is 59.0 Å². The molecule has 6 aromatic heterocycles. The van der Waals surface area contributed by atoms with Crippen LogP contribution < -0.4 is 0 Å². The Morgan fingerprint density at radius 2 is 0.677 bits per heavy atom. The van der Waals surface area contributed by atoms with Crippen LogP contribution in [0.1, 0.15) is 77.6 Å². The van der Waals surface area contributed by atoms with Crippen molar-refractivity contribution >= 4 is 120 Å². The number of nitrogens with zero attached hydrogens (tertiary/aromatic N) is 6. The van der Waals surface area contributed by atoms with Crippen molar-refractivity contribution in [2.75, 3.05) is 155 Å². The van der Waals surface area contributed by atoms with Gasteiger partial charge in [-0.2, -0.15) is 0 Å². The van der Waals surface area contributed by atoms with Crippen molar-refractivity contribution in [2.24, 2.45) is 0 Å². The predicted octanol–water partition coefficient (Wildman–Crippen LogP) is 7.86. The van der Waals surface area contributed by atoms with Gasteiger partial charge in [-0.1, -0.05) is 54.6 Å². The molecule has 0 fully saturated rings. The first kappa shape index (κ1) is 77.0. The highest BCUT2D eigenvalue weighted by Crippen LogP contribution is 2.29. The van der Waals surface area contributed by atoms with Crippen molar-refractivity contribution in [3.05, 3.63) is 156 Å². The molecule has 0 radical (unpaired) electrons. The van der Waals surface area contributed by atoms with Gasteiger partial charge in [0.1, 0.15) is 19.8 Å². The van der Waals surface area contributed by atoms with Crippen molar-refractivity contribution < 1.29 is 114 Å². The Bertz CT molecular complexity index is 4150. The largest absolute Gasteiger partial charge is 0.464 e. The van der Waals surface area contributed by atoms with Crippen molar-refractivity contribution in [1.29, 1.82) is 0 Å². The lowest BCUT2D eigenvalue weighted by molar-refractivity contribution is -0.153. The maximum absolute atomic E-state index is 13.1. The monoisotopic (exact) mass is 1430 g/mol. The minimum Gasteiger partial charge on any atom is -0.464 e. The summed E-state index contributed by atoms with van der Waals surface area (Å²) < 4.78 is 80.4. The molecular weight excluding hydrogens is 1360 g/mol. The SMILES string of the molecule is COCCOCCOC(=O)n1cc(C(=O)c2nc(C(=O)OC)cs2)c2ccccc21.COCCOCCOCCOC(=O)n1cc(C(=O)c2nc(C(=O)OC)cs2)c2ccccc21.COCCOCCOCCOCC(=O)OCn1cc(C(=O)c2nc(C(=O)OC)cs2)c2ccccc21. The second-order valence-electron chi connectivity index (χ2n) is 19.9. The Morgan fingerprint density at radius 3 is 1.04 bits per heavy atom. The first-order valence-electron chi connectivity index (χ1n) is 30.1. The van der Waals surface area contributed by atoms with E-state index in [2.05, 4.69) is 29.2 Å². The fourth-order valence-electron chi connectivity index (χ4n) is 8.78. The Balaban J connectivity index is 0.000000210. The molecule has 0 saturated heterocycles.